The van der Waals surface area contributed by atoms with E-state index in [4.69, 9.17) is 0 Å². The highest BCUT2D eigenvalue weighted by Crippen LogP contribution is 2.32. The van der Waals surface area contributed by atoms with Gasteiger partial charge in [-0.25, -0.2) is 13.5 Å². The van der Waals surface area contributed by atoms with Crippen LogP contribution in [0.15, 0.2) is 42.5 Å². The first kappa shape index (κ1) is 17.0. The van der Waals surface area contributed by atoms with Gasteiger partial charge in [0.2, 0.25) is 0 Å². The zero-order valence-corrected chi connectivity index (χ0v) is 12.4. The summed E-state index contributed by atoms with van der Waals surface area (Å²) in [6.07, 6.45) is -4.57. The van der Waals surface area contributed by atoms with E-state index in [0.29, 0.717) is 6.07 Å². The first-order valence-corrected chi connectivity index (χ1v) is 6.99. The van der Waals surface area contributed by atoms with E-state index < -0.39 is 30.0 Å². The highest BCUT2D eigenvalue weighted by Gasteiger charge is 2.31. The summed E-state index contributed by atoms with van der Waals surface area (Å²) in [4.78, 5) is 0. The van der Waals surface area contributed by atoms with Gasteiger partial charge in [0.25, 0.3) is 0 Å². The minimum Gasteiger partial charge on any atom is -0.390 e. The van der Waals surface area contributed by atoms with E-state index in [1.807, 2.05) is 0 Å². The van der Waals surface area contributed by atoms with E-state index in [2.05, 4.69) is 10.3 Å². The Kier molecular flexibility index (Phi) is 4.25. The maximum atomic E-state index is 13.5. The molecule has 4 nitrogen and oxygen atoms in total. The summed E-state index contributed by atoms with van der Waals surface area (Å²) < 4.78 is 66.7. The van der Waals surface area contributed by atoms with Crippen LogP contribution in [0.25, 0.3) is 16.9 Å². The van der Waals surface area contributed by atoms with E-state index in [1.54, 1.807) is 0 Å². The molecule has 0 saturated carbocycles. The second kappa shape index (κ2) is 6.25. The number of aliphatic hydroxyl groups is 1. The molecule has 0 amide bonds. The summed E-state index contributed by atoms with van der Waals surface area (Å²) in [6, 6.07) is 6.83. The number of benzene rings is 2. The second-order valence-corrected chi connectivity index (χ2v) is 5.16. The summed E-state index contributed by atoms with van der Waals surface area (Å²) >= 11 is 0. The Morgan fingerprint density at radius 2 is 1.68 bits per heavy atom. The standard InChI is InChI=1S/C16H10F5N3O/c17-11-4-9(5-12(18)7-11)15-14(8-25)22-23-24(15)13-3-1-2-10(6-13)16(19,20)21/h1-7,25H,8H2. The fourth-order valence-electron chi connectivity index (χ4n) is 2.39. The Labute approximate surface area is 138 Å². The fraction of sp³-hybridized carbons (Fsp3) is 0.125. The van der Waals surface area contributed by atoms with Gasteiger partial charge >= 0.3 is 6.18 Å². The quantitative estimate of drug-likeness (QED) is 0.729. The Morgan fingerprint density at radius 3 is 2.28 bits per heavy atom. The molecule has 2 aromatic carbocycles. The van der Waals surface area contributed by atoms with Gasteiger partial charge in [0.1, 0.15) is 23.0 Å². The normalized spacial score (nSPS) is 11.8. The molecule has 3 aromatic rings. The van der Waals surface area contributed by atoms with Crippen molar-refractivity contribution in [1.29, 1.82) is 0 Å². The molecule has 0 saturated heterocycles. The van der Waals surface area contributed by atoms with E-state index in [-0.39, 0.29) is 22.6 Å². The predicted molar refractivity (Wildman–Crippen MR) is 77.6 cm³/mol. The molecule has 0 radical (unpaired) electrons. The lowest BCUT2D eigenvalue weighted by atomic mass is 10.1. The molecule has 0 unspecified atom stereocenters. The molecule has 0 fully saturated rings. The number of hydrogen-bond acceptors (Lipinski definition) is 3. The van der Waals surface area contributed by atoms with E-state index >= 15 is 0 Å². The zero-order valence-electron chi connectivity index (χ0n) is 12.4. The van der Waals surface area contributed by atoms with Crippen molar-refractivity contribution in [3.8, 4) is 16.9 Å². The Bertz CT molecular complexity index is 900. The van der Waals surface area contributed by atoms with Crippen LogP contribution >= 0.6 is 0 Å². The molecule has 1 aromatic heterocycles. The molecule has 0 aliphatic carbocycles. The van der Waals surface area contributed by atoms with Gasteiger partial charge in [-0.15, -0.1) is 5.10 Å². The molecule has 0 atom stereocenters. The van der Waals surface area contributed by atoms with Crippen LogP contribution in [0.3, 0.4) is 0 Å². The maximum absolute atomic E-state index is 13.5. The molecule has 0 aliphatic heterocycles. The number of rotatable bonds is 3. The summed E-state index contributed by atoms with van der Waals surface area (Å²) in [7, 11) is 0. The Morgan fingerprint density at radius 1 is 1.00 bits per heavy atom. The minimum atomic E-state index is -4.57. The highest BCUT2D eigenvalue weighted by molar-refractivity contribution is 5.64. The van der Waals surface area contributed by atoms with Gasteiger partial charge < -0.3 is 5.11 Å². The van der Waals surface area contributed by atoms with Gasteiger partial charge in [0.15, 0.2) is 0 Å². The van der Waals surface area contributed by atoms with Gasteiger partial charge in [-0.1, -0.05) is 11.3 Å². The molecule has 1 N–H and O–H groups in total. The summed E-state index contributed by atoms with van der Waals surface area (Å²) in [5.41, 5.74) is -0.962. The van der Waals surface area contributed by atoms with Gasteiger partial charge in [-0.2, -0.15) is 13.2 Å². The van der Waals surface area contributed by atoms with Gasteiger partial charge in [-0.3, -0.25) is 0 Å². The molecular formula is C16H10F5N3O. The molecule has 25 heavy (non-hydrogen) atoms. The second-order valence-electron chi connectivity index (χ2n) is 5.16. The van der Waals surface area contributed by atoms with Crippen molar-refractivity contribution < 1.29 is 27.1 Å². The van der Waals surface area contributed by atoms with Crippen molar-refractivity contribution in [3.05, 3.63) is 65.4 Å². The first-order valence-electron chi connectivity index (χ1n) is 6.99. The third-order valence-corrected chi connectivity index (χ3v) is 3.44. The fourth-order valence-corrected chi connectivity index (χ4v) is 2.39. The number of aromatic nitrogens is 3. The minimum absolute atomic E-state index is 0.000208. The van der Waals surface area contributed by atoms with Crippen LogP contribution < -0.4 is 0 Å². The molecule has 0 spiro atoms. The maximum Gasteiger partial charge on any atom is 0.416 e. The Balaban J connectivity index is 2.21. The molecular weight excluding hydrogens is 345 g/mol. The summed E-state index contributed by atoms with van der Waals surface area (Å²) in [5, 5.41) is 16.8. The lowest BCUT2D eigenvalue weighted by Gasteiger charge is -2.11. The number of aliphatic hydroxyl groups excluding tert-OH is 1. The first-order chi connectivity index (χ1) is 11.8. The van der Waals surface area contributed by atoms with E-state index in [0.717, 1.165) is 28.9 Å². The molecule has 9 heteroatoms. The number of halogens is 5. The number of nitrogens with zero attached hydrogens (tertiary/aromatic N) is 3. The molecule has 0 bridgehead atoms. The lowest BCUT2D eigenvalue weighted by Crippen LogP contribution is -2.07. The van der Waals surface area contributed by atoms with Crippen molar-refractivity contribution in [3.63, 3.8) is 0 Å². The van der Waals surface area contributed by atoms with Crippen LogP contribution in [0.4, 0.5) is 22.0 Å². The monoisotopic (exact) mass is 355 g/mol. The van der Waals surface area contributed by atoms with Gasteiger partial charge in [0.05, 0.1) is 17.9 Å². The van der Waals surface area contributed by atoms with Crippen molar-refractivity contribution in [2.24, 2.45) is 0 Å². The lowest BCUT2D eigenvalue weighted by molar-refractivity contribution is -0.137. The van der Waals surface area contributed by atoms with E-state index in [1.165, 1.54) is 12.1 Å². The van der Waals surface area contributed by atoms with Crippen molar-refractivity contribution in [2.75, 3.05) is 0 Å². The average molecular weight is 355 g/mol. The van der Waals surface area contributed by atoms with Crippen molar-refractivity contribution >= 4 is 0 Å². The number of hydrogen-bond donors (Lipinski definition) is 1. The van der Waals surface area contributed by atoms with Crippen molar-refractivity contribution in [1.82, 2.24) is 15.0 Å². The molecule has 3 rings (SSSR count). The van der Waals surface area contributed by atoms with Crippen LogP contribution in [-0.2, 0) is 12.8 Å². The molecule has 1 heterocycles. The summed E-state index contributed by atoms with van der Waals surface area (Å²) in [6.45, 7) is -0.605. The smallest absolute Gasteiger partial charge is 0.390 e. The number of alkyl halides is 3. The molecule has 130 valence electrons. The highest BCUT2D eigenvalue weighted by atomic mass is 19.4. The topological polar surface area (TPSA) is 50.9 Å². The van der Waals surface area contributed by atoms with Crippen LogP contribution in [-0.4, -0.2) is 20.1 Å². The average Bonchev–Trinajstić information content (AvgIpc) is 2.97. The van der Waals surface area contributed by atoms with Crippen LogP contribution in [0.1, 0.15) is 11.3 Å². The third-order valence-electron chi connectivity index (χ3n) is 3.44. The molecule has 0 aliphatic rings. The zero-order chi connectivity index (χ0) is 18.2. The van der Waals surface area contributed by atoms with Gasteiger partial charge in [0, 0.05) is 11.6 Å². The largest absolute Gasteiger partial charge is 0.416 e. The van der Waals surface area contributed by atoms with Crippen molar-refractivity contribution in [2.45, 2.75) is 12.8 Å². The van der Waals surface area contributed by atoms with Gasteiger partial charge in [-0.05, 0) is 30.3 Å². The van der Waals surface area contributed by atoms with Crippen LogP contribution in [0, 0.1) is 11.6 Å². The van der Waals surface area contributed by atoms with Crippen LogP contribution in [0.2, 0.25) is 0 Å². The van der Waals surface area contributed by atoms with Crippen LogP contribution in [0.5, 0.6) is 0 Å². The third kappa shape index (κ3) is 3.36. The van der Waals surface area contributed by atoms with E-state index in [9.17, 15) is 27.1 Å². The summed E-state index contributed by atoms with van der Waals surface area (Å²) in [5.74, 6) is -1.76. The predicted octanol–water partition coefficient (Wildman–Crippen LogP) is 3.72. The SMILES string of the molecule is OCc1nnn(-c2cccc(C(F)(F)F)c2)c1-c1cc(F)cc(F)c1. The Hall–Kier alpha value is -2.81.